The summed E-state index contributed by atoms with van der Waals surface area (Å²) >= 11 is 5.23. The Balaban J connectivity index is 1.75. The standard InChI is InChI=1S/C15H23N4O9PS/c1-15(2)26-11-8(7-24-29(30,28-16)17-6-10(21)23-3)25-13(12(11)27-15)19-5-4-9(20)18-14(19)22/h4-5,8,11-13H,6-7,16H2,1-3H3,(H,17,30)(H,18,20,22)/q+1/t8-,11-,12-,13-,29?/m1/s1. The lowest BCUT2D eigenvalue weighted by molar-refractivity contribution is -0.199. The van der Waals surface area contributed by atoms with Gasteiger partial charge in [0.2, 0.25) is 0 Å². The zero-order valence-corrected chi connectivity index (χ0v) is 18.1. The van der Waals surface area contributed by atoms with Crippen LogP contribution in [0.15, 0.2) is 21.9 Å². The summed E-state index contributed by atoms with van der Waals surface area (Å²) < 4.78 is 33.9. The van der Waals surface area contributed by atoms with E-state index < -0.39 is 54.6 Å². The predicted molar refractivity (Wildman–Crippen MR) is 105 cm³/mol. The molecule has 5 atom stereocenters. The highest BCUT2D eigenvalue weighted by Crippen LogP contribution is 2.54. The Hall–Kier alpha value is -1.35. The number of carbonyl (C=O) groups is 1. The lowest BCUT2D eigenvalue weighted by Gasteiger charge is -2.28. The average molecular weight is 466 g/mol. The minimum Gasteiger partial charge on any atom is -0.470 e. The number of hydrogen-bond donors (Lipinski definition) is 3. The van der Waals surface area contributed by atoms with Gasteiger partial charge in [-0.15, -0.1) is 9.71 Å². The minimum absolute atomic E-state index is 0.127. The molecule has 2 fully saturated rings. The van der Waals surface area contributed by atoms with E-state index in [2.05, 4.69) is 14.8 Å². The molecule has 0 bridgehead atoms. The number of nitrogens with zero attached hydrogens (tertiary/aromatic N) is 1. The number of aromatic amines is 1. The van der Waals surface area contributed by atoms with Gasteiger partial charge >= 0.3 is 11.7 Å². The molecule has 2 aliphatic rings. The quantitative estimate of drug-likeness (QED) is 0.139. The molecule has 0 saturated carbocycles. The minimum atomic E-state index is -3.23. The van der Waals surface area contributed by atoms with Gasteiger partial charge in [-0.25, -0.2) is 9.32 Å². The Morgan fingerprint density at radius 3 is 2.77 bits per heavy atom. The van der Waals surface area contributed by atoms with Crippen LogP contribution in [-0.2, 0) is 45.1 Å². The zero-order valence-electron chi connectivity index (χ0n) is 16.4. The summed E-state index contributed by atoms with van der Waals surface area (Å²) in [6.07, 6.45) is -1.54. The highest BCUT2D eigenvalue weighted by atomic mass is 32.7. The normalized spacial score (nSPS) is 29.4. The summed E-state index contributed by atoms with van der Waals surface area (Å²) in [6, 6.07) is 1.20. The number of nitrogens with one attached hydrogen (secondary N) is 2. The zero-order chi connectivity index (χ0) is 22.1. The number of rotatable bonds is 8. The van der Waals surface area contributed by atoms with Crippen LogP contribution in [0, 0.1) is 0 Å². The summed E-state index contributed by atoms with van der Waals surface area (Å²) in [5.74, 6) is 3.74. The molecule has 1 aromatic heterocycles. The molecule has 0 amide bonds. The molecule has 2 saturated heterocycles. The molecule has 0 spiro atoms. The number of esters is 1. The fraction of sp³-hybridized carbons (Fsp3) is 0.667. The molecule has 13 nitrogen and oxygen atoms in total. The number of hydrogen-bond acceptors (Lipinski definition) is 12. The van der Waals surface area contributed by atoms with Crippen molar-refractivity contribution in [3.05, 3.63) is 33.1 Å². The molecule has 167 valence electrons. The Labute approximate surface area is 176 Å². The van der Waals surface area contributed by atoms with Gasteiger partial charge in [-0.05, 0) is 13.8 Å². The van der Waals surface area contributed by atoms with E-state index in [9.17, 15) is 14.4 Å². The van der Waals surface area contributed by atoms with Crippen molar-refractivity contribution >= 4 is 25.3 Å². The van der Waals surface area contributed by atoms with Crippen molar-refractivity contribution in [1.29, 1.82) is 0 Å². The van der Waals surface area contributed by atoms with Crippen molar-refractivity contribution in [1.82, 2.24) is 14.6 Å². The average Bonchev–Trinajstić information content (AvgIpc) is 3.18. The number of carbonyl (C=O) groups excluding carboxylic acids is 1. The number of H-pyrrole nitrogens is 1. The summed E-state index contributed by atoms with van der Waals surface area (Å²) in [6.45, 7) is 3.06. The van der Waals surface area contributed by atoms with Gasteiger partial charge < -0.3 is 31.2 Å². The third-order valence-corrected chi connectivity index (χ3v) is 6.72. The van der Waals surface area contributed by atoms with E-state index in [0.717, 1.165) is 0 Å². The first-order valence-corrected chi connectivity index (χ1v) is 11.5. The SMILES string of the molecule is C[O+]C(=O)CN[P+]([S-])(ON)OC[C@H]1O[C@@H](n2ccc(=O)[nH]c2=O)[C@@H]2OC(C)(C)O[C@@H]21. The molecule has 15 heteroatoms. The van der Waals surface area contributed by atoms with Gasteiger partial charge in [-0.3, -0.25) is 14.3 Å². The van der Waals surface area contributed by atoms with Gasteiger partial charge in [0.15, 0.2) is 25.7 Å². The summed E-state index contributed by atoms with van der Waals surface area (Å²) in [7, 11) is -2.00. The molecule has 1 aromatic rings. The maximum atomic E-state index is 12.2. The van der Waals surface area contributed by atoms with Crippen LogP contribution in [0.3, 0.4) is 0 Å². The van der Waals surface area contributed by atoms with E-state index in [0.29, 0.717) is 0 Å². The highest BCUT2D eigenvalue weighted by Gasteiger charge is 2.56. The van der Waals surface area contributed by atoms with Crippen LogP contribution in [0.4, 0.5) is 0 Å². The van der Waals surface area contributed by atoms with Crippen molar-refractivity contribution in [3.63, 3.8) is 0 Å². The Morgan fingerprint density at radius 2 is 2.13 bits per heavy atom. The van der Waals surface area contributed by atoms with Gasteiger partial charge in [0, 0.05) is 17.1 Å². The number of ether oxygens (including phenoxy) is 4. The first-order chi connectivity index (χ1) is 14.1. The molecular weight excluding hydrogens is 443 g/mol. The van der Waals surface area contributed by atoms with Gasteiger partial charge in [0.05, 0.1) is 0 Å². The molecule has 3 heterocycles. The Morgan fingerprint density at radius 1 is 1.43 bits per heavy atom. The third kappa shape index (κ3) is 5.10. The Bertz CT molecular complexity index is 895. The van der Waals surface area contributed by atoms with Crippen LogP contribution in [0.1, 0.15) is 20.1 Å². The molecule has 0 aliphatic carbocycles. The number of methoxy groups -OCH3 is 1. The highest BCUT2D eigenvalue weighted by molar-refractivity contribution is 8.37. The van der Waals surface area contributed by atoms with Crippen LogP contribution in [-0.4, -0.2) is 59.9 Å². The second-order valence-electron chi connectivity index (χ2n) is 6.96. The van der Waals surface area contributed by atoms with Crippen molar-refractivity contribution in [2.45, 2.75) is 44.2 Å². The second-order valence-corrected chi connectivity index (χ2v) is 10.2. The summed E-state index contributed by atoms with van der Waals surface area (Å²) in [4.78, 5) is 37.1. The second kappa shape index (κ2) is 9.02. The fourth-order valence-electron chi connectivity index (χ4n) is 3.16. The van der Waals surface area contributed by atoms with Crippen LogP contribution >= 0.6 is 7.07 Å². The van der Waals surface area contributed by atoms with E-state index >= 15 is 0 Å². The van der Waals surface area contributed by atoms with Crippen molar-refractivity contribution in [2.75, 3.05) is 20.3 Å². The van der Waals surface area contributed by atoms with E-state index in [1.807, 2.05) is 0 Å². The number of nitrogens with two attached hydrogens (primary N) is 1. The fourth-order valence-corrected chi connectivity index (χ4v) is 4.43. The van der Waals surface area contributed by atoms with Crippen LogP contribution in [0.25, 0.3) is 0 Å². The predicted octanol–water partition coefficient (Wildman–Crippen LogP) is -1.15. The van der Waals surface area contributed by atoms with Crippen molar-refractivity contribution in [2.24, 2.45) is 5.90 Å². The van der Waals surface area contributed by atoms with E-state index in [-0.39, 0.29) is 13.2 Å². The topological polar surface area (TPSA) is 167 Å². The molecular formula is C15H23N4O9PS+. The lowest BCUT2D eigenvalue weighted by atomic mass is 10.1. The van der Waals surface area contributed by atoms with Crippen LogP contribution in [0.2, 0.25) is 0 Å². The van der Waals surface area contributed by atoms with Gasteiger partial charge in [-0.1, -0.05) is 0 Å². The van der Waals surface area contributed by atoms with Gasteiger partial charge in [0.25, 0.3) is 12.6 Å². The van der Waals surface area contributed by atoms with E-state index in [1.165, 1.54) is 23.9 Å². The molecule has 0 aromatic carbocycles. The maximum absolute atomic E-state index is 12.2. The number of fused-ring (bicyclic) bond motifs is 1. The first kappa shape index (κ1) is 23.3. The first-order valence-electron chi connectivity index (χ1n) is 8.85. The van der Waals surface area contributed by atoms with Gasteiger partial charge in [-0.2, -0.15) is 5.90 Å². The molecule has 1 unspecified atom stereocenters. The van der Waals surface area contributed by atoms with E-state index in [4.69, 9.17) is 41.5 Å². The smallest absolute Gasteiger partial charge is 0.470 e. The van der Waals surface area contributed by atoms with Crippen LogP contribution in [0.5, 0.6) is 0 Å². The number of aromatic nitrogens is 2. The Kier molecular flexibility index (Phi) is 7.01. The van der Waals surface area contributed by atoms with Gasteiger partial charge in [0.1, 0.15) is 24.9 Å². The molecule has 1 radical (unpaired) electrons. The molecule has 2 aliphatic heterocycles. The monoisotopic (exact) mass is 466 g/mol. The summed E-state index contributed by atoms with van der Waals surface area (Å²) in [5.41, 5.74) is -1.19. The lowest BCUT2D eigenvalue weighted by Crippen LogP contribution is -2.37. The van der Waals surface area contributed by atoms with E-state index in [1.54, 1.807) is 13.8 Å². The molecule has 3 rings (SSSR count). The van der Waals surface area contributed by atoms with Crippen LogP contribution < -0.4 is 22.2 Å². The van der Waals surface area contributed by atoms with Crippen molar-refractivity contribution < 1.29 is 32.9 Å². The molecule has 4 N–H and O–H groups in total. The maximum Gasteiger partial charge on any atom is 0.591 e. The largest absolute Gasteiger partial charge is 0.591 e. The summed E-state index contributed by atoms with van der Waals surface area (Å²) in [5, 5.41) is 2.61. The van der Waals surface area contributed by atoms with Crippen molar-refractivity contribution in [3.8, 4) is 0 Å². The molecule has 30 heavy (non-hydrogen) atoms. The third-order valence-electron chi connectivity index (χ3n) is 4.44.